The summed E-state index contributed by atoms with van der Waals surface area (Å²) < 4.78 is 4.83. The summed E-state index contributed by atoms with van der Waals surface area (Å²) in [7, 11) is 1.43. The molecule has 2 rings (SSSR count). The van der Waals surface area contributed by atoms with E-state index in [0.717, 1.165) is 5.69 Å². The van der Waals surface area contributed by atoms with E-state index in [1.165, 1.54) is 52.1 Å². The van der Waals surface area contributed by atoms with Crippen LogP contribution in [0.1, 0.15) is 55.3 Å². The van der Waals surface area contributed by atoms with Crippen molar-refractivity contribution in [1.29, 1.82) is 0 Å². The number of hydrogen-bond donors (Lipinski definition) is 1. The number of anilines is 1. The monoisotopic (exact) mass is 261 g/mol. The highest BCUT2D eigenvalue weighted by Crippen LogP contribution is 2.23. The highest BCUT2D eigenvalue weighted by atomic mass is 16.5. The number of benzene rings is 1. The zero-order valence-corrected chi connectivity index (χ0v) is 11.7. The molecule has 3 heteroatoms. The van der Waals surface area contributed by atoms with Gasteiger partial charge in [0.1, 0.15) is 0 Å². The van der Waals surface area contributed by atoms with Crippen LogP contribution in [0, 0.1) is 0 Å². The molecule has 1 saturated carbocycles. The zero-order chi connectivity index (χ0) is 13.5. The second-order valence-electron chi connectivity index (χ2n) is 5.22. The fraction of sp³-hybridized carbons (Fsp3) is 0.562. The number of carbonyl (C=O) groups is 1. The summed E-state index contributed by atoms with van der Waals surface area (Å²) in [5, 5.41) is 3.53. The van der Waals surface area contributed by atoms with Crippen LogP contribution in [0.3, 0.4) is 0 Å². The van der Waals surface area contributed by atoms with Crippen molar-refractivity contribution < 1.29 is 9.53 Å². The van der Waals surface area contributed by atoms with Crippen LogP contribution >= 0.6 is 0 Å². The Morgan fingerprint density at radius 2 is 1.74 bits per heavy atom. The molecule has 0 aliphatic heterocycles. The fourth-order valence-electron chi connectivity index (χ4n) is 2.72. The first kappa shape index (κ1) is 13.9. The van der Waals surface area contributed by atoms with Gasteiger partial charge in [-0.15, -0.1) is 0 Å². The van der Waals surface area contributed by atoms with Crippen molar-refractivity contribution in [2.75, 3.05) is 12.4 Å². The van der Waals surface area contributed by atoms with Gasteiger partial charge in [0.15, 0.2) is 0 Å². The molecule has 0 bridgehead atoms. The summed E-state index contributed by atoms with van der Waals surface area (Å²) in [6.45, 7) is 0. The lowest BCUT2D eigenvalue weighted by molar-refractivity contribution is 0.0602. The van der Waals surface area contributed by atoms with E-state index >= 15 is 0 Å². The van der Waals surface area contributed by atoms with Crippen LogP contribution < -0.4 is 5.32 Å². The average Bonchev–Trinajstić information content (AvgIpc) is 2.41. The van der Waals surface area contributed by atoms with Gasteiger partial charge < -0.3 is 10.1 Å². The molecule has 0 amide bonds. The van der Waals surface area contributed by atoms with Crippen molar-refractivity contribution in [3.8, 4) is 0 Å². The van der Waals surface area contributed by atoms with Gasteiger partial charge in [0.25, 0.3) is 0 Å². The van der Waals surface area contributed by atoms with Gasteiger partial charge in [0.05, 0.1) is 12.7 Å². The van der Waals surface area contributed by atoms with E-state index < -0.39 is 0 Å². The minimum Gasteiger partial charge on any atom is -0.465 e. The van der Waals surface area contributed by atoms with Crippen LogP contribution in [-0.4, -0.2) is 19.1 Å². The third-order valence-electron chi connectivity index (χ3n) is 3.80. The number of rotatable bonds is 3. The molecule has 0 spiro atoms. The molecule has 1 aromatic carbocycles. The molecule has 1 aliphatic rings. The van der Waals surface area contributed by atoms with E-state index in [2.05, 4.69) is 5.32 Å². The third-order valence-corrected chi connectivity index (χ3v) is 3.80. The van der Waals surface area contributed by atoms with Crippen LogP contribution in [0.5, 0.6) is 0 Å². The lowest BCUT2D eigenvalue weighted by Gasteiger charge is -2.23. The molecule has 1 fully saturated rings. The van der Waals surface area contributed by atoms with Crippen LogP contribution in [-0.2, 0) is 4.74 Å². The zero-order valence-electron chi connectivity index (χ0n) is 11.7. The number of para-hydroxylation sites is 1. The molecule has 104 valence electrons. The molecule has 0 aromatic heterocycles. The van der Waals surface area contributed by atoms with Crippen molar-refractivity contribution >= 4 is 11.7 Å². The molecule has 0 heterocycles. The normalized spacial score (nSPS) is 17.3. The Balaban J connectivity index is 2.06. The summed E-state index contributed by atoms with van der Waals surface area (Å²) >= 11 is 0. The maximum Gasteiger partial charge on any atom is 0.339 e. The first-order chi connectivity index (χ1) is 9.31. The quantitative estimate of drug-likeness (QED) is 0.836. The van der Waals surface area contributed by atoms with E-state index in [-0.39, 0.29) is 5.97 Å². The van der Waals surface area contributed by atoms with Gasteiger partial charge in [-0.25, -0.2) is 4.79 Å². The molecule has 1 aliphatic carbocycles. The minimum atomic E-state index is -0.269. The molecule has 0 radical (unpaired) electrons. The topological polar surface area (TPSA) is 38.3 Å². The van der Waals surface area contributed by atoms with Gasteiger partial charge in [-0.2, -0.15) is 0 Å². The lowest BCUT2D eigenvalue weighted by atomic mass is 9.96. The maximum absolute atomic E-state index is 11.7. The summed E-state index contributed by atoms with van der Waals surface area (Å²) in [6.07, 6.45) is 8.96. The molecule has 0 saturated heterocycles. The van der Waals surface area contributed by atoms with Crippen molar-refractivity contribution in [2.24, 2.45) is 0 Å². The number of methoxy groups -OCH3 is 1. The average molecular weight is 261 g/mol. The number of hydrogen-bond acceptors (Lipinski definition) is 3. The Bertz CT molecular complexity index is 409. The number of esters is 1. The molecule has 1 aromatic rings. The molecule has 1 N–H and O–H groups in total. The van der Waals surface area contributed by atoms with Crippen LogP contribution in [0.4, 0.5) is 5.69 Å². The Labute approximate surface area is 115 Å². The van der Waals surface area contributed by atoms with Gasteiger partial charge in [-0.05, 0) is 25.0 Å². The van der Waals surface area contributed by atoms with Crippen molar-refractivity contribution in [1.82, 2.24) is 0 Å². The van der Waals surface area contributed by atoms with E-state index in [4.69, 9.17) is 4.74 Å². The highest BCUT2D eigenvalue weighted by molar-refractivity contribution is 5.95. The Hall–Kier alpha value is -1.51. The molecule has 0 unspecified atom stereocenters. The third kappa shape index (κ3) is 3.98. The predicted octanol–water partition coefficient (Wildman–Crippen LogP) is 4.00. The maximum atomic E-state index is 11.7. The van der Waals surface area contributed by atoms with Crippen molar-refractivity contribution in [3.05, 3.63) is 29.8 Å². The second kappa shape index (κ2) is 7.17. The largest absolute Gasteiger partial charge is 0.465 e. The first-order valence-electron chi connectivity index (χ1n) is 7.25. The van der Waals surface area contributed by atoms with E-state index in [1.807, 2.05) is 24.3 Å². The summed E-state index contributed by atoms with van der Waals surface area (Å²) in [5.41, 5.74) is 1.53. The molecular formula is C16H23NO2. The number of ether oxygens (including phenoxy) is 1. The Morgan fingerprint density at radius 3 is 2.42 bits per heavy atom. The minimum absolute atomic E-state index is 0.269. The highest BCUT2D eigenvalue weighted by Gasteiger charge is 2.15. The van der Waals surface area contributed by atoms with Gasteiger partial charge in [0, 0.05) is 11.7 Å². The van der Waals surface area contributed by atoms with Crippen LogP contribution in [0.25, 0.3) is 0 Å². The number of nitrogens with one attached hydrogen (secondary N) is 1. The molecule has 0 atom stereocenters. The van der Waals surface area contributed by atoms with E-state index in [0.29, 0.717) is 11.6 Å². The van der Waals surface area contributed by atoms with Crippen molar-refractivity contribution in [2.45, 2.75) is 51.0 Å². The van der Waals surface area contributed by atoms with Gasteiger partial charge in [0.2, 0.25) is 0 Å². The Morgan fingerprint density at radius 1 is 1.11 bits per heavy atom. The summed E-state index contributed by atoms with van der Waals surface area (Å²) in [4.78, 5) is 11.7. The standard InChI is InChI=1S/C16H23NO2/c1-19-16(18)14-11-7-8-12-15(14)17-13-9-5-3-2-4-6-10-13/h7-8,11-13,17H,2-6,9-10H2,1H3. The van der Waals surface area contributed by atoms with Gasteiger partial charge in [-0.1, -0.05) is 44.2 Å². The fourth-order valence-corrected chi connectivity index (χ4v) is 2.72. The Kier molecular flexibility index (Phi) is 5.25. The molecule has 19 heavy (non-hydrogen) atoms. The first-order valence-corrected chi connectivity index (χ1v) is 7.25. The van der Waals surface area contributed by atoms with Crippen LogP contribution in [0.15, 0.2) is 24.3 Å². The SMILES string of the molecule is COC(=O)c1ccccc1NC1CCCCCCC1. The smallest absolute Gasteiger partial charge is 0.339 e. The van der Waals surface area contributed by atoms with Gasteiger partial charge >= 0.3 is 5.97 Å². The van der Waals surface area contributed by atoms with Crippen molar-refractivity contribution in [3.63, 3.8) is 0 Å². The van der Waals surface area contributed by atoms with Gasteiger partial charge in [-0.3, -0.25) is 0 Å². The molecular weight excluding hydrogens is 238 g/mol. The van der Waals surface area contributed by atoms with Crippen LogP contribution in [0.2, 0.25) is 0 Å². The summed E-state index contributed by atoms with van der Waals surface area (Å²) in [5.74, 6) is -0.269. The second-order valence-corrected chi connectivity index (χ2v) is 5.22. The molecule has 3 nitrogen and oxygen atoms in total. The lowest BCUT2D eigenvalue weighted by Crippen LogP contribution is -2.22. The van der Waals surface area contributed by atoms with E-state index in [1.54, 1.807) is 0 Å². The van der Waals surface area contributed by atoms with E-state index in [9.17, 15) is 4.79 Å². The predicted molar refractivity (Wildman–Crippen MR) is 77.5 cm³/mol. The number of carbonyl (C=O) groups excluding carboxylic acids is 1. The summed E-state index contributed by atoms with van der Waals surface area (Å²) in [6, 6.07) is 8.08.